The highest BCUT2D eigenvalue weighted by atomic mass is 19.1. The fourth-order valence-electron chi connectivity index (χ4n) is 3.08. The van der Waals surface area contributed by atoms with Crippen molar-refractivity contribution in [3.63, 3.8) is 0 Å². The van der Waals surface area contributed by atoms with Gasteiger partial charge in [-0.05, 0) is 47.9 Å². The van der Waals surface area contributed by atoms with Crippen molar-refractivity contribution in [3.05, 3.63) is 53.3 Å². The number of fused-ring (bicyclic) bond motifs is 1. The summed E-state index contributed by atoms with van der Waals surface area (Å²) in [4.78, 5) is 24.3. The van der Waals surface area contributed by atoms with Crippen molar-refractivity contribution in [2.75, 3.05) is 20.8 Å². The molecule has 0 bridgehead atoms. The number of hydrogen-bond acceptors (Lipinski definition) is 5. The fourth-order valence-corrected chi connectivity index (χ4v) is 3.08. The second-order valence-electron chi connectivity index (χ2n) is 6.36. The van der Waals surface area contributed by atoms with Gasteiger partial charge in [0.15, 0.2) is 17.6 Å². The molecule has 7 nitrogen and oxygen atoms in total. The van der Waals surface area contributed by atoms with E-state index in [1.165, 1.54) is 19.2 Å². The number of halogens is 1. The molecule has 0 fully saturated rings. The van der Waals surface area contributed by atoms with Crippen molar-refractivity contribution >= 4 is 11.9 Å². The molecule has 8 heteroatoms. The van der Waals surface area contributed by atoms with Crippen LogP contribution in [0.5, 0.6) is 17.2 Å². The Morgan fingerprint density at radius 2 is 2.00 bits per heavy atom. The van der Waals surface area contributed by atoms with Crippen LogP contribution in [0.25, 0.3) is 0 Å². The molecule has 28 heavy (non-hydrogen) atoms. The van der Waals surface area contributed by atoms with Crippen molar-refractivity contribution in [2.24, 2.45) is 5.92 Å². The molecule has 0 saturated carbocycles. The Hall–Kier alpha value is -3.29. The zero-order valence-corrected chi connectivity index (χ0v) is 15.4. The number of methoxy groups -OCH3 is 2. The van der Waals surface area contributed by atoms with Gasteiger partial charge in [0.1, 0.15) is 18.1 Å². The predicted molar refractivity (Wildman–Crippen MR) is 97.2 cm³/mol. The van der Waals surface area contributed by atoms with Gasteiger partial charge in [-0.25, -0.2) is 9.18 Å². The molecule has 0 saturated heterocycles. The molecule has 2 unspecified atom stereocenters. The lowest BCUT2D eigenvalue weighted by Gasteiger charge is -2.26. The number of rotatable bonds is 6. The van der Waals surface area contributed by atoms with E-state index < -0.39 is 29.7 Å². The van der Waals surface area contributed by atoms with E-state index in [0.717, 1.165) is 11.6 Å². The third kappa shape index (κ3) is 4.00. The minimum absolute atomic E-state index is 0.00884. The maximum Gasteiger partial charge on any atom is 0.330 e. The molecular formula is C20H20FNO6. The third-order valence-electron chi connectivity index (χ3n) is 4.59. The maximum absolute atomic E-state index is 13.9. The van der Waals surface area contributed by atoms with Crippen molar-refractivity contribution in [1.29, 1.82) is 0 Å². The van der Waals surface area contributed by atoms with Crippen LogP contribution >= 0.6 is 0 Å². The van der Waals surface area contributed by atoms with E-state index >= 15 is 0 Å². The molecule has 1 aliphatic rings. The highest BCUT2D eigenvalue weighted by Crippen LogP contribution is 2.31. The molecule has 0 aromatic heterocycles. The summed E-state index contributed by atoms with van der Waals surface area (Å²) in [5.74, 6) is -1.77. The first-order valence-corrected chi connectivity index (χ1v) is 8.59. The zero-order valence-electron chi connectivity index (χ0n) is 15.4. The fraction of sp³-hybridized carbons (Fsp3) is 0.300. The van der Waals surface area contributed by atoms with Crippen molar-refractivity contribution in [1.82, 2.24) is 5.32 Å². The molecule has 1 heterocycles. The molecule has 1 aliphatic heterocycles. The molecule has 2 N–H and O–H groups in total. The molecular weight excluding hydrogens is 369 g/mol. The summed E-state index contributed by atoms with van der Waals surface area (Å²) >= 11 is 0. The van der Waals surface area contributed by atoms with E-state index in [-0.39, 0.29) is 17.9 Å². The number of nitrogens with one attached hydrogen (secondary N) is 1. The predicted octanol–water partition coefficient (Wildman–Crippen LogP) is 2.34. The maximum atomic E-state index is 13.9. The monoisotopic (exact) mass is 389 g/mol. The Bertz CT molecular complexity index is 900. The average Bonchev–Trinajstić information content (AvgIpc) is 2.70. The highest BCUT2D eigenvalue weighted by molar-refractivity contribution is 5.86. The van der Waals surface area contributed by atoms with Crippen molar-refractivity contribution < 1.29 is 33.3 Å². The van der Waals surface area contributed by atoms with E-state index in [0.29, 0.717) is 17.9 Å². The lowest BCUT2D eigenvalue weighted by molar-refractivity contribution is -0.143. The molecule has 2 aromatic carbocycles. The summed E-state index contributed by atoms with van der Waals surface area (Å²) in [5, 5.41) is 12.0. The summed E-state index contributed by atoms with van der Waals surface area (Å²) in [5.41, 5.74) is 0.908. The lowest BCUT2D eigenvalue weighted by atomic mass is 9.95. The van der Waals surface area contributed by atoms with E-state index in [9.17, 15) is 19.1 Å². The summed E-state index contributed by atoms with van der Waals surface area (Å²) < 4.78 is 29.6. The van der Waals surface area contributed by atoms with Crippen LogP contribution in [0.4, 0.5) is 4.39 Å². The number of carboxylic acid groups (broad SMARTS) is 1. The number of carbonyl (C=O) groups is 2. The second kappa shape index (κ2) is 8.16. The van der Waals surface area contributed by atoms with E-state index in [2.05, 4.69) is 5.32 Å². The minimum Gasteiger partial charge on any atom is -0.497 e. The number of carboxylic acids is 1. The molecule has 3 rings (SSSR count). The molecule has 2 atom stereocenters. The van der Waals surface area contributed by atoms with Gasteiger partial charge < -0.3 is 24.6 Å². The van der Waals surface area contributed by atoms with Crippen LogP contribution < -0.4 is 19.5 Å². The largest absolute Gasteiger partial charge is 0.497 e. The number of carbonyl (C=O) groups excluding carboxylic acids is 1. The van der Waals surface area contributed by atoms with E-state index in [1.807, 2.05) is 0 Å². The summed E-state index contributed by atoms with van der Waals surface area (Å²) in [7, 11) is 2.85. The highest BCUT2D eigenvalue weighted by Gasteiger charge is 2.30. The van der Waals surface area contributed by atoms with E-state index in [1.54, 1.807) is 25.3 Å². The van der Waals surface area contributed by atoms with Crippen molar-refractivity contribution in [2.45, 2.75) is 12.5 Å². The Balaban J connectivity index is 1.76. The molecule has 0 radical (unpaired) electrons. The van der Waals surface area contributed by atoms with Gasteiger partial charge in [0, 0.05) is 0 Å². The van der Waals surface area contributed by atoms with Crippen LogP contribution in [0, 0.1) is 11.7 Å². The van der Waals surface area contributed by atoms with Gasteiger partial charge in [0.05, 0.1) is 20.1 Å². The van der Waals surface area contributed by atoms with Crippen LogP contribution in [0.2, 0.25) is 0 Å². The first kappa shape index (κ1) is 19.5. The van der Waals surface area contributed by atoms with Gasteiger partial charge in [-0.3, -0.25) is 4.79 Å². The smallest absolute Gasteiger partial charge is 0.330 e. The van der Waals surface area contributed by atoms with Gasteiger partial charge in [-0.2, -0.15) is 0 Å². The van der Waals surface area contributed by atoms with Crippen molar-refractivity contribution in [3.8, 4) is 17.2 Å². The number of hydrogen-bond donors (Lipinski definition) is 2. The van der Waals surface area contributed by atoms with Gasteiger partial charge >= 0.3 is 5.97 Å². The zero-order chi connectivity index (χ0) is 20.3. The first-order chi connectivity index (χ1) is 13.4. The van der Waals surface area contributed by atoms with Gasteiger partial charge in [-0.1, -0.05) is 6.07 Å². The molecule has 148 valence electrons. The van der Waals surface area contributed by atoms with Crippen LogP contribution in [0.3, 0.4) is 0 Å². The number of ether oxygens (including phenoxy) is 3. The van der Waals surface area contributed by atoms with Crippen LogP contribution in [0.15, 0.2) is 36.4 Å². The molecule has 0 aliphatic carbocycles. The standard InChI is InChI=1S/C20H20FNO6/c1-26-14-4-6-16-12(8-14)7-13(10-28-16)19(23)22-18(20(24)25)11-3-5-17(27-2)15(21)9-11/h3-6,8-9,13,18H,7,10H2,1-2H3,(H,22,23)(H,24,25). The van der Waals surface area contributed by atoms with Crippen LogP contribution in [-0.2, 0) is 16.0 Å². The Kier molecular flexibility index (Phi) is 5.67. The third-order valence-corrected chi connectivity index (χ3v) is 4.59. The first-order valence-electron chi connectivity index (χ1n) is 8.59. The molecule has 0 spiro atoms. The Labute approximate surface area is 161 Å². The molecule has 2 aromatic rings. The van der Waals surface area contributed by atoms with Gasteiger partial charge in [-0.15, -0.1) is 0 Å². The average molecular weight is 389 g/mol. The second-order valence-corrected chi connectivity index (χ2v) is 6.36. The topological polar surface area (TPSA) is 94.1 Å². The van der Waals surface area contributed by atoms with Crippen LogP contribution in [0.1, 0.15) is 17.2 Å². The van der Waals surface area contributed by atoms with Crippen LogP contribution in [-0.4, -0.2) is 37.8 Å². The summed E-state index contributed by atoms with van der Waals surface area (Å²) in [6, 6.07) is 7.68. The normalized spacial score (nSPS) is 16.3. The van der Waals surface area contributed by atoms with Gasteiger partial charge in [0.2, 0.25) is 5.91 Å². The number of benzene rings is 2. The Morgan fingerprint density at radius 3 is 2.64 bits per heavy atom. The van der Waals surface area contributed by atoms with E-state index in [4.69, 9.17) is 14.2 Å². The number of aliphatic carboxylic acids is 1. The SMILES string of the molecule is COc1ccc2c(c1)CC(C(=O)NC(C(=O)O)c1ccc(OC)c(F)c1)CO2. The van der Waals surface area contributed by atoms with Gasteiger partial charge in [0.25, 0.3) is 0 Å². The molecule has 1 amide bonds. The number of amides is 1. The summed E-state index contributed by atoms with van der Waals surface area (Å²) in [6.07, 6.45) is 0.377. The minimum atomic E-state index is -1.39. The summed E-state index contributed by atoms with van der Waals surface area (Å²) in [6.45, 7) is 0.120. The Morgan fingerprint density at radius 1 is 1.21 bits per heavy atom. The lowest BCUT2D eigenvalue weighted by Crippen LogP contribution is -2.41. The quantitative estimate of drug-likeness (QED) is 0.788.